The predicted octanol–water partition coefficient (Wildman–Crippen LogP) is 3.54. The van der Waals surface area contributed by atoms with Crippen LogP contribution in [0, 0.1) is 0 Å². The van der Waals surface area contributed by atoms with Gasteiger partial charge >= 0.3 is 6.18 Å². The number of fused-ring (bicyclic) bond motifs is 3. The Morgan fingerprint density at radius 1 is 1.32 bits per heavy atom. The van der Waals surface area contributed by atoms with Gasteiger partial charge in [-0.15, -0.1) is 0 Å². The number of nitrogens with one attached hydrogen (secondary N) is 2. The molecule has 1 aliphatic heterocycles. The molecule has 0 radical (unpaired) electrons. The van der Waals surface area contributed by atoms with Crippen molar-refractivity contribution in [1.29, 1.82) is 0 Å². The minimum absolute atomic E-state index is 0.149. The zero-order valence-electron chi connectivity index (χ0n) is 15.3. The van der Waals surface area contributed by atoms with Gasteiger partial charge in [0.1, 0.15) is 17.9 Å². The molecule has 2 atom stereocenters. The molecular weight excluding hydrogens is 371 g/mol. The molecule has 28 heavy (non-hydrogen) atoms. The number of aromatic nitrogens is 3. The van der Waals surface area contributed by atoms with Gasteiger partial charge < -0.3 is 15.2 Å². The maximum Gasteiger partial charge on any atom is 0.397 e. The van der Waals surface area contributed by atoms with Crippen molar-refractivity contribution in [2.75, 3.05) is 11.4 Å². The summed E-state index contributed by atoms with van der Waals surface area (Å²) in [5.41, 5.74) is 0.751. The second-order valence-corrected chi connectivity index (χ2v) is 7.23. The smallest absolute Gasteiger partial charge is 0.351 e. The molecule has 0 aromatic carbocycles. The SMILES string of the molecule is CC1CCC(NC(=O)CC(F)(F)F)CN1c1nccc2cnc3[nH]ccc3c12. The van der Waals surface area contributed by atoms with E-state index in [-0.39, 0.29) is 12.1 Å². The molecule has 1 fully saturated rings. The van der Waals surface area contributed by atoms with Gasteiger partial charge in [-0.2, -0.15) is 13.2 Å². The fourth-order valence-corrected chi connectivity index (χ4v) is 3.85. The largest absolute Gasteiger partial charge is 0.397 e. The Morgan fingerprint density at radius 2 is 2.14 bits per heavy atom. The van der Waals surface area contributed by atoms with Crippen LogP contribution in [-0.4, -0.2) is 45.7 Å². The first kappa shape index (κ1) is 18.5. The number of piperidine rings is 1. The number of hydrogen-bond donors (Lipinski definition) is 2. The molecule has 148 valence electrons. The van der Waals surface area contributed by atoms with Gasteiger partial charge in [0.15, 0.2) is 0 Å². The van der Waals surface area contributed by atoms with Crippen LogP contribution in [0.3, 0.4) is 0 Å². The highest BCUT2D eigenvalue weighted by molar-refractivity contribution is 6.10. The molecule has 3 aromatic heterocycles. The highest BCUT2D eigenvalue weighted by Crippen LogP contribution is 2.33. The van der Waals surface area contributed by atoms with E-state index in [0.717, 1.165) is 34.0 Å². The summed E-state index contributed by atoms with van der Waals surface area (Å²) in [5, 5.41) is 5.35. The third-order valence-corrected chi connectivity index (χ3v) is 5.17. The molecule has 4 rings (SSSR count). The number of carbonyl (C=O) groups excluding carboxylic acids is 1. The van der Waals surface area contributed by atoms with Crippen LogP contribution in [-0.2, 0) is 4.79 Å². The van der Waals surface area contributed by atoms with Crippen molar-refractivity contribution < 1.29 is 18.0 Å². The normalized spacial score (nSPS) is 20.6. The van der Waals surface area contributed by atoms with E-state index in [1.54, 1.807) is 12.4 Å². The van der Waals surface area contributed by atoms with Crippen molar-refractivity contribution in [3.63, 3.8) is 0 Å². The minimum Gasteiger partial charge on any atom is -0.351 e. The van der Waals surface area contributed by atoms with E-state index in [1.165, 1.54) is 0 Å². The molecule has 4 heterocycles. The first-order valence-corrected chi connectivity index (χ1v) is 9.15. The summed E-state index contributed by atoms with van der Waals surface area (Å²) >= 11 is 0. The molecule has 2 unspecified atom stereocenters. The van der Waals surface area contributed by atoms with E-state index >= 15 is 0 Å². The number of alkyl halides is 3. The van der Waals surface area contributed by atoms with E-state index in [1.807, 2.05) is 18.3 Å². The van der Waals surface area contributed by atoms with Crippen LogP contribution in [0.25, 0.3) is 21.8 Å². The number of halogens is 3. The number of anilines is 1. The number of aromatic amines is 1. The lowest BCUT2D eigenvalue weighted by Gasteiger charge is -2.39. The van der Waals surface area contributed by atoms with Gasteiger partial charge in [0.25, 0.3) is 0 Å². The fraction of sp³-hybridized carbons (Fsp3) is 0.421. The van der Waals surface area contributed by atoms with Gasteiger partial charge in [0.2, 0.25) is 5.91 Å². The Kier molecular flexibility index (Phi) is 4.60. The lowest BCUT2D eigenvalue weighted by atomic mass is 9.98. The van der Waals surface area contributed by atoms with Crippen LogP contribution in [0.4, 0.5) is 19.0 Å². The van der Waals surface area contributed by atoms with E-state index in [4.69, 9.17) is 0 Å². The number of pyridine rings is 2. The summed E-state index contributed by atoms with van der Waals surface area (Å²) in [6, 6.07) is 3.62. The summed E-state index contributed by atoms with van der Waals surface area (Å²) < 4.78 is 37.4. The quantitative estimate of drug-likeness (QED) is 0.716. The molecule has 0 saturated carbocycles. The second-order valence-electron chi connectivity index (χ2n) is 7.23. The second kappa shape index (κ2) is 6.96. The molecule has 6 nitrogen and oxygen atoms in total. The van der Waals surface area contributed by atoms with Gasteiger partial charge in [0, 0.05) is 53.4 Å². The van der Waals surface area contributed by atoms with Gasteiger partial charge in [-0.25, -0.2) is 9.97 Å². The summed E-state index contributed by atoms with van der Waals surface area (Å²) in [5.74, 6) is -0.234. The molecule has 3 aromatic rings. The first-order valence-electron chi connectivity index (χ1n) is 9.15. The van der Waals surface area contributed by atoms with Crippen molar-refractivity contribution in [2.24, 2.45) is 0 Å². The average Bonchev–Trinajstić information content (AvgIpc) is 3.10. The van der Waals surface area contributed by atoms with E-state index < -0.39 is 18.5 Å². The van der Waals surface area contributed by atoms with Crippen molar-refractivity contribution in [1.82, 2.24) is 20.3 Å². The Labute approximate surface area is 159 Å². The zero-order valence-corrected chi connectivity index (χ0v) is 15.3. The number of amides is 1. The van der Waals surface area contributed by atoms with Crippen LogP contribution in [0.2, 0.25) is 0 Å². The van der Waals surface area contributed by atoms with Crippen LogP contribution in [0.1, 0.15) is 26.2 Å². The maximum atomic E-state index is 12.5. The van der Waals surface area contributed by atoms with Crippen LogP contribution >= 0.6 is 0 Å². The van der Waals surface area contributed by atoms with E-state index in [0.29, 0.717) is 13.0 Å². The summed E-state index contributed by atoms with van der Waals surface area (Å²) in [4.78, 5) is 25.9. The number of H-pyrrole nitrogens is 1. The lowest BCUT2D eigenvalue weighted by Crippen LogP contribution is -2.52. The molecule has 0 bridgehead atoms. The van der Waals surface area contributed by atoms with E-state index in [9.17, 15) is 18.0 Å². The standard InChI is InChI=1S/C19H20F3N5O/c1-11-2-3-13(26-15(28)8-19(20,21)22)10-27(11)18-16-12(4-6-24-18)9-25-17-14(16)5-7-23-17/h4-7,9,11,13H,2-3,8,10H2,1H3,(H,23,25)(H,26,28). The van der Waals surface area contributed by atoms with Crippen LogP contribution in [0.5, 0.6) is 0 Å². The van der Waals surface area contributed by atoms with Gasteiger partial charge in [0.05, 0.1) is 0 Å². The summed E-state index contributed by atoms with van der Waals surface area (Å²) in [6.07, 6.45) is 0.710. The summed E-state index contributed by atoms with van der Waals surface area (Å²) in [6.45, 7) is 2.47. The Hall–Kier alpha value is -2.84. The highest BCUT2D eigenvalue weighted by atomic mass is 19.4. The number of rotatable bonds is 3. The molecule has 1 saturated heterocycles. The van der Waals surface area contributed by atoms with Gasteiger partial charge in [-0.05, 0) is 31.9 Å². The topological polar surface area (TPSA) is 73.9 Å². The molecule has 1 aliphatic rings. The summed E-state index contributed by atoms with van der Waals surface area (Å²) in [7, 11) is 0. The monoisotopic (exact) mass is 391 g/mol. The number of hydrogen-bond acceptors (Lipinski definition) is 4. The highest BCUT2D eigenvalue weighted by Gasteiger charge is 2.34. The minimum atomic E-state index is -4.50. The molecular formula is C19H20F3N5O. The van der Waals surface area contributed by atoms with Crippen molar-refractivity contribution in [3.05, 3.63) is 30.7 Å². The third kappa shape index (κ3) is 3.61. The first-order chi connectivity index (χ1) is 13.3. The van der Waals surface area contributed by atoms with Crippen molar-refractivity contribution >= 4 is 33.5 Å². The number of carbonyl (C=O) groups is 1. The van der Waals surface area contributed by atoms with Gasteiger partial charge in [-0.3, -0.25) is 4.79 Å². The Balaban J connectivity index is 1.64. The van der Waals surface area contributed by atoms with Crippen LogP contribution < -0.4 is 10.2 Å². The Morgan fingerprint density at radius 3 is 2.93 bits per heavy atom. The number of nitrogens with zero attached hydrogens (tertiary/aromatic N) is 3. The fourth-order valence-electron chi connectivity index (χ4n) is 3.85. The van der Waals surface area contributed by atoms with Crippen molar-refractivity contribution in [2.45, 2.75) is 44.4 Å². The zero-order chi connectivity index (χ0) is 19.9. The van der Waals surface area contributed by atoms with Crippen molar-refractivity contribution in [3.8, 4) is 0 Å². The predicted molar refractivity (Wildman–Crippen MR) is 100 cm³/mol. The molecule has 0 aliphatic carbocycles. The third-order valence-electron chi connectivity index (χ3n) is 5.17. The molecule has 2 N–H and O–H groups in total. The molecule has 1 amide bonds. The van der Waals surface area contributed by atoms with Crippen LogP contribution in [0.15, 0.2) is 30.7 Å². The molecule has 9 heteroatoms. The Bertz CT molecular complexity index is 1020. The average molecular weight is 391 g/mol. The van der Waals surface area contributed by atoms with Gasteiger partial charge in [-0.1, -0.05) is 0 Å². The lowest BCUT2D eigenvalue weighted by molar-refractivity contribution is -0.154. The maximum absolute atomic E-state index is 12.5. The van der Waals surface area contributed by atoms with E-state index in [2.05, 4.69) is 32.1 Å². The molecule has 0 spiro atoms.